The molecule has 3 aromatic rings. The van der Waals surface area contributed by atoms with Gasteiger partial charge in [-0.3, -0.25) is 4.79 Å². The van der Waals surface area contributed by atoms with Gasteiger partial charge in [-0.2, -0.15) is 0 Å². The molecule has 5 nitrogen and oxygen atoms in total. The Balaban J connectivity index is 0.000000552. The molecule has 2 N–H and O–H groups in total. The number of nitrogens with one attached hydrogen (secondary N) is 1. The van der Waals surface area contributed by atoms with E-state index in [9.17, 15) is 4.79 Å². The Morgan fingerprint density at radius 2 is 1.86 bits per heavy atom. The average Bonchev–Trinajstić information content (AvgIpc) is 3.39. The van der Waals surface area contributed by atoms with Crippen molar-refractivity contribution in [1.82, 2.24) is 0 Å². The molecule has 0 spiro atoms. The zero-order valence-corrected chi connectivity index (χ0v) is 20.2. The number of amides is 1. The van der Waals surface area contributed by atoms with Gasteiger partial charge in [-0.25, -0.2) is 0 Å². The standard InChI is InChI=1S/C18H11N2OS3.C2H4O2.Na/c21-17-16(24-18(20-17)19-12-5-2-1-3-6-12)11-13-8-9-15(23-13)14-7-4-10-22-14;1-2(3)4;/h2-11H,(H,19,20,21);1H3,(H,3,4);. The molecule has 29 heavy (non-hydrogen) atoms. The number of aliphatic imine (C=N–C) groups is 1. The van der Waals surface area contributed by atoms with Gasteiger partial charge in [0.15, 0.2) is 0 Å². The number of carbonyl (C=O) groups excluding carboxylic acids is 1. The first-order valence-corrected chi connectivity index (χ1v) is 12.1. The molecule has 1 aliphatic heterocycles. The Hall–Kier alpha value is -1.68. The summed E-state index contributed by atoms with van der Waals surface area (Å²) in [4.78, 5) is 29.5. The molecule has 1 amide bonds. The number of anilines is 1. The first-order chi connectivity index (χ1) is 13.9. The minimum atomic E-state index is -0.833. The number of hydrogen-bond acceptors (Lipinski definition) is 6. The van der Waals surface area contributed by atoms with Gasteiger partial charge in [0.1, 0.15) is 0 Å². The molecule has 0 atom stereocenters. The third-order valence-electron chi connectivity index (χ3n) is 3.59. The van der Waals surface area contributed by atoms with Crippen LogP contribution in [-0.4, -0.2) is 50.1 Å². The quantitative estimate of drug-likeness (QED) is 0.456. The molecule has 0 unspecified atom stereocenters. The van der Waals surface area contributed by atoms with Crippen LogP contribution in [0.25, 0.3) is 15.8 Å². The van der Waals surface area contributed by atoms with Gasteiger partial charge in [-0.05, 0) is 11.4 Å². The number of thiophene rings is 2. The molecule has 3 heterocycles. The van der Waals surface area contributed by atoms with Crippen LogP contribution in [0.15, 0.2) is 63.8 Å². The normalized spacial score (nSPS) is 14.4. The van der Waals surface area contributed by atoms with Crippen LogP contribution < -0.4 is 8.13 Å². The number of carboxylic acid groups (broad SMARTS) is 1. The van der Waals surface area contributed by atoms with Gasteiger partial charge in [-0.1, -0.05) is 6.07 Å². The molecule has 1 aliphatic rings. The summed E-state index contributed by atoms with van der Waals surface area (Å²) in [5.74, 6) is -1.02. The van der Waals surface area contributed by atoms with E-state index < -0.39 is 5.97 Å². The number of aliphatic carboxylic acids is 1. The third-order valence-corrected chi connectivity index (χ3v) is 7.25. The predicted molar refractivity (Wildman–Crippen MR) is 124 cm³/mol. The molecule has 0 fully saturated rings. The van der Waals surface area contributed by atoms with E-state index in [4.69, 9.17) is 9.90 Å². The molecule has 0 radical (unpaired) electrons. The van der Waals surface area contributed by atoms with Gasteiger partial charge in [0.05, 0.1) is 0 Å². The third kappa shape index (κ3) is 6.67. The van der Waals surface area contributed by atoms with E-state index in [1.165, 1.54) is 24.3 Å². The van der Waals surface area contributed by atoms with Crippen molar-refractivity contribution in [2.45, 2.75) is 6.92 Å². The molecule has 1 aromatic carbocycles. The molecule has 0 aliphatic carbocycles. The zero-order valence-electron chi connectivity index (χ0n) is 15.7. The number of thioether (sulfide) groups is 1. The van der Waals surface area contributed by atoms with Crippen molar-refractivity contribution in [1.29, 1.82) is 0 Å². The van der Waals surface area contributed by atoms with Gasteiger partial charge in [-0.15, -0.1) is 11.3 Å². The Morgan fingerprint density at radius 3 is 2.52 bits per heavy atom. The summed E-state index contributed by atoms with van der Waals surface area (Å²) in [5.41, 5.74) is 0.955. The molecule has 142 valence electrons. The van der Waals surface area contributed by atoms with Crippen LogP contribution in [0.1, 0.15) is 11.8 Å². The van der Waals surface area contributed by atoms with Crippen molar-refractivity contribution in [2.75, 3.05) is 5.32 Å². The van der Waals surface area contributed by atoms with Crippen molar-refractivity contribution >= 4 is 94.0 Å². The second-order valence-corrected chi connectivity index (χ2v) is 10.3. The molecule has 2 aromatic heterocycles. The second-order valence-electron chi connectivity index (χ2n) is 6.02. The molecule has 0 saturated carbocycles. The summed E-state index contributed by atoms with van der Waals surface area (Å²) >= 11 is 5.83. The number of carboxylic acids is 1. The Kier molecular flexibility index (Phi) is 7.88. The van der Waals surface area contributed by atoms with Gasteiger partial charge in [0, 0.05) is 11.8 Å². The predicted octanol–water partition coefficient (Wildman–Crippen LogP) is 4.44. The fourth-order valence-corrected chi connectivity index (χ4v) is 5.35. The molecule has 9 heteroatoms. The maximum absolute atomic E-state index is 12.2. The van der Waals surface area contributed by atoms with Gasteiger partial charge in [0.2, 0.25) is 0 Å². The summed E-state index contributed by atoms with van der Waals surface area (Å²) in [7, 11) is 0. The van der Waals surface area contributed by atoms with E-state index in [-0.39, 0.29) is 5.91 Å². The van der Waals surface area contributed by atoms with E-state index in [0.29, 0.717) is 10.1 Å². The van der Waals surface area contributed by atoms with E-state index in [1.54, 1.807) is 22.7 Å². The van der Waals surface area contributed by atoms with Crippen molar-refractivity contribution in [3.05, 3.63) is 63.7 Å². The van der Waals surface area contributed by atoms with Crippen molar-refractivity contribution < 1.29 is 14.7 Å². The summed E-state index contributed by atoms with van der Waals surface area (Å²) in [5, 5.41) is 13.3. The van der Waals surface area contributed by atoms with Gasteiger partial charge < -0.3 is 5.11 Å². The average molecular weight is 451 g/mol. The first-order valence-electron chi connectivity index (χ1n) is 8.60. The number of amidine groups is 1. The van der Waals surface area contributed by atoms with Gasteiger partial charge in [0.25, 0.3) is 5.97 Å². The summed E-state index contributed by atoms with van der Waals surface area (Å²) in [6, 6.07) is 16.5. The van der Waals surface area contributed by atoms with Crippen molar-refractivity contribution in [3.8, 4) is 9.75 Å². The van der Waals surface area contributed by atoms with Crippen LogP contribution >= 0.6 is 34.4 Å². The number of nitrogens with zero attached hydrogens (tertiary/aromatic N) is 1. The van der Waals surface area contributed by atoms with Crippen LogP contribution in [0.4, 0.5) is 5.69 Å². The van der Waals surface area contributed by atoms with Crippen LogP contribution in [0, 0.1) is 0 Å². The number of hydrogen-bond donors (Lipinski definition) is 2. The SMILES string of the molecule is CC(=O)O.O=C1N=C(Nc2cc[c]([Na])cc2)SC1=Cc1ccc(-c2cccs2)s1. The van der Waals surface area contributed by atoms with Crippen LogP contribution in [0.2, 0.25) is 0 Å². The second kappa shape index (κ2) is 10.4. The maximum atomic E-state index is 12.2. The number of carbonyl (C=O) groups is 2. The Labute approximate surface area is 198 Å². The minimum absolute atomic E-state index is 0.182. The van der Waals surface area contributed by atoms with Crippen LogP contribution in [0.5, 0.6) is 0 Å². The summed E-state index contributed by atoms with van der Waals surface area (Å²) < 4.78 is 1.34. The Morgan fingerprint density at radius 1 is 1.14 bits per heavy atom. The summed E-state index contributed by atoms with van der Waals surface area (Å²) in [6.45, 7) is 1.08. The van der Waals surface area contributed by atoms with E-state index in [0.717, 1.165) is 45.4 Å². The molecular weight excluding hydrogens is 435 g/mol. The van der Waals surface area contributed by atoms with Gasteiger partial charge >= 0.3 is 143 Å². The van der Waals surface area contributed by atoms with E-state index >= 15 is 0 Å². The molecule has 4 rings (SSSR count). The first kappa shape index (κ1) is 22.0. The van der Waals surface area contributed by atoms with Crippen molar-refractivity contribution in [3.63, 3.8) is 0 Å². The fourth-order valence-electron chi connectivity index (χ4n) is 2.33. The van der Waals surface area contributed by atoms with Crippen LogP contribution in [-0.2, 0) is 9.59 Å². The van der Waals surface area contributed by atoms with Crippen LogP contribution in [0.3, 0.4) is 0 Å². The molecule has 0 bridgehead atoms. The topological polar surface area (TPSA) is 78.8 Å². The van der Waals surface area contributed by atoms with E-state index in [2.05, 4.69) is 46.0 Å². The Bertz CT molecular complexity index is 1070. The molecular formula is C20H15N2NaO3S3. The fraction of sp³-hybridized carbons (Fsp3) is 0.0500. The van der Waals surface area contributed by atoms with Crippen molar-refractivity contribution in [2.24, 2.45) is 4.99 Å². The zero-order chi connectivity index (χ0) is 20.8. The number of rotatable bonds is 3. The monoisotopic (exact) mass is 450 g/mol. The summed E-state index contributed by atoms with van der Waals surface area (Å²) in [6.07, 6.45) is 1.92. The number of benzene rings is 1. The van der Waals surface area contributed by atoms with E-state index in [1.807, 2.05) is 24.3 Å². The molecule has 0 saturated heterocycles.